The first-order valence-electron chi connectivity index (χ1n) is 11.6. The van der Waals surface area contributed by atoms with Gasteiger partial charge < -0.3 is 14.2 Å². The van der Waals surface area contributed by atoms with E-state index in [1.807, 2.05) is 0 Å². The molecule has 2 unspecified atom stereocenters. The third-order valence-corrected chi connectivity index (χ3v) is 6.77. The molecule has 0 spiro atoms. The van der Waals surface area contributed by atoms with E-state index in [1.165, 1.54) is 32.1 Å². The minimum atomic E-state index is -1.10. The van der Waals surface area contributed by atoms with Gasteiger partial charge in [0.25, 0.3) is 5.97 Å². The summed E-state index contributed by atoms with van der Waals surface area (Å²) < 4.78 is 19.3. The second-order valence-electron chi connectivity index (χ2n) is 8.17. The Morgan fingerprint density at radius 3 is 1.54 bits per heavy atom. The van der Waals surface area contributed by atoms with Gasteiger partial charge in [0.15, 0.2) is 0 Å². The molecule has 0 fully saturated rings. The molecule has 0 amide bonds. The Balaban J connectivity index is 5.79. The lowest BCUT2D eigenvalue weighted by Crippen LogP contribution is -2.62. The molecule has 0 aromatic heterocycles. The van der Waals surface area contributed by atoms with Crippen molar-refractivity contribution < 1.29 is 14.2 Å². The van der Waals surface area contributed by atoms with E-state index >= 15 is 0 Å². The van der Waals surface area contributed by atoms with Gasteiger partial charge in [0.05, 0.1) is 25.2 Å². The monoisotopic (exact) mass is 436 g/mol. The minimum absolute atomic E-state index is 0.0946. The van der Waals surface area contributed by atoms with Crippen LogP contribution in [0.15, 0.2) is 0 Å². The molecule has 0 aliphatic rings. The van der Waals surface area contributed by atoms with Gasteiger partial charge in [-0.25, -0.2) is 0 Å². The zero-order chi connectivity index (χ0) is 21.5. The largest absolute Gasteiger partial charge is 0.327 e. The highest BCUT2D eigenvalue weighted by atomic mass is 32.1. The topological polar surface area (TPSA) is 27.7 Å². The highest BCUT2D eigenvalue weighted by molar-refractivity contribution is 7.81. The van der Waals surface area contributed by atoms with Gasteiger partial charge >= 0.3 is 0 Å². The maximum absolute atomic E-state index is 6.42. The van der Waals surface area contributed by atoms with Crippen molar-refractivity contribution in [2.24, 2.45) is 11.3 Å². The van der Waals surface area contributed by atoms with Crippen molar-refractivity contribution in [3.8, 4) is 0 Å². The second-order valence-corrected chi connectivity index (χ2v) is 9.11. The summed E-state index contributed by atoms with van der Waals surface area (Å²) in [4.78, 5) is 0. The van der Waals surface area contributed by atoms with Gasteiger partial charge in [-0.2, -0.15) is 25.3 Å². The van der Waals surface area contributed by atoms with Crippen LogP contribution in [0.5, 0.6) is 0 Å². The summed E-state index contributed by atoms with van der Waals surface area (Å²) in [6.07, 6.45) is 10.1. The molecule has 0 radical (unpaired) electrons. The van der Waals surface area contributed by atoms with Crippen molar-refractivity contribution in [2.45, 2.75) is 111 Å². The molecule has 0 N–H and O–H groups in total. The van der Waals surface area contributed by atoms with Gasteiger partial charge in [0.2, 0.25) is 0 Å². The molecule has 2 atom stereocenters. The van der Waals surface area contributed by atoms with Crippen LogP contribution in [0.4, 0.5) is 0 Å². The normalized spacial score (nSPS) is 15.8. The van der Waals surface area contributed by atoms with Crippen LogP contribution in [0.1, 0.15) is 99.3 Å². The quantitative estimate of drug-likeness (QED) is 0.128. The predicted molar refractivity (Wildman–Crippen MR) is 129 cm³/mol. The molecular formula is C23H48O3S2. The molecule has 28 heavy (non-hydrogen) atoms. The predicted octanol–water partition coefficient (Wildman–Crippen LogP) is 7.15. The molecule has 0 bridgehead atoms. The molecule has 170 valence electrons. The van der Waals surface area contributed by atoms with E-state index in [1.54, 1.807) is 0 Å². The summed E-state index contributed by atoms with van der Waals surface area (Å²) in [6.45, 7) is 14.9. The first-order chi connectivity index (χ1) is 13.4. The first-order valence-corrected chi connectivity index (χ1v) is 12.8. The Morgan fingerprint density at radius 2 is 1.18 bits per heavy atom. The van der Waals surface area contributed by atoms with Gasteiger partial charge in [-0.3, -0.25) is 0 Å². The molecule has 0 aromatic carbocycles. The van der Waals surface area contributed by atoms with Crippen LogP contribution in [0.3, 0.4) is 0 Å². The number of unbranched alkanes of at least 4 members (excludes halogenated alkanes) is 4. The summed E-state index contributed by atoms with van der Waals surface area (Å²) in [5, 5.41) is 0.0946. The van der Waals surface area contributed by atoms with Crippen molar-refractivity contribution >= 4 is 25.3 Å². The average Bonchev–Trinajstić information content (AvgIpc) is 2.68. The van der Waals surface area contributed by atoms with E-state index in [0.29, 0.717) is 25.6 Å². The molecule has 0 saturated heterocycles. The van der Waals surface area contributed by atoms with Gasteiger partial charge in [-0.05, 0) is 31.6 Å². The number of thiol groups is 2. The van der Waals surface area contributed by atoms with E-state index in [9.17, 15) is 0 Å². The summed E-state index contributed by atoms with van der Waals surface area (Å²) in [5.74, 6) is -0.222. The van der Waals surface area contributed by atoms with E-state index in [0.717, 1.165) is 25.7 Å². The van der Waals surface area contributed by atoms with Gasteiger partial charge in [0, 0.05) is 11.0 Å². The average molecular weight is 437 g/mol. The molecule has 0 heterocycles. The summed E-state index contributed by atoms with van der Waals surface area (Å²) >= 11 is 9.96. The Morgan fingerprint density at radius 1 is 0.714 bits per heavy atom. The lowest BCUT2D eigenvalue weighted by molar-refractivity contribution is -0.433. The first kappa shape index (κ1) is 28.6. The number of hydrogen-bond acceptors (Lipinski definition) is 5. The Labute approximate surface area is 186 Å². The Hall–Kier alpha value is 0.580. The standard InChI is InChI=1S/C23H48O3S2/c1-7-11-12-13-14-15-21(28)22(19-27,20(5)6)23(24-16-8-2,25-17-9-3)26-18-10-4/h20-21,27-28H,7-19H2,1-6H3. The van der Waals surface area contributed by atoms with Crippen LogP contribution in [0.25, 0.3) is 0 Å². The van der Waals surface area contributed by atoms with Crippen LogP contribution in [0.2, 0.25) is 0 Å². The zero-order valence-electron chi connectivity index (χ0n) is 19.5. The molecule has 0 aliphatic carbocycles. The minimum Gasteiger partial charge on any atom is -0.327 e. The lowest BCUT2D eigenvalue weighted by atomic mass is 9.71. The maximum Gasteiger partial charge on any atom is 0.291 e. The lowest BCUT2D eigenvalue weighted by Gasteiger charge is -2.53. The molecule has 5 heteroatoms. The van der Waals surface area contributed by atoms with E-state index < -0.39 is 11.4 Å². The highest BCUT2D eigenvalue weighted by Gasteiger charge is 2.59. The van der Waals surface area contributed by atoms with Crippen molar-refractivity contribution in [2.75, 3.05) is 25.6 Å². The van der Waals surface area contributed by atoms with Crippen molar-refractivity contribution in [1.29, 1.82) is 0 Å². The maximum atomic E-state index is 6.42. The zero-order valence-corrected chi connectivity index (χ0v) is 21.3. The third-order valence-electron chi connectivity index (χ3n) is 5.53. The van der Waals surface area contributed by atoms with Gasteiger partial charge in [-0.1, -0.05) is 73.6 Å². The summed E-state index contributed by atoms with van der Waals surface area (Å²) in [6, 6.07) is 0. The van der Waals surface area contributed by atoms with Crippen molar-refractivity contribution in [1.82, 2.24) is 0 Å². The fourth-order valence-corrected chi connectivity index (χ4v) is 5.42. The number of ether oxygens (including phenoxy) is 3. The van der Waals surface area contributed by atoms with Gasteiger partial charge in [0.1, 0.15) is 0 Å². The smallest absolute Gasteiger partial charge is 0.291 e. The number of hydrogen-bond donors (Lipinski definition) is 2. The molecule has 0 aliphatic heterocycles. The van der Waals surface area contributed by atoms with Crippen LogP contribution in [-0.2, 0) is 14.2 Å². The number of rotatable bonds is 19. The van der Waals surface area contributed by atoms with E-state index in [-0.39, 0.29) is 11.2 Å². The van der Waals surface area contributed by atoms with Crippen molar-refractivity contribution in [3.05, 3.63) is 0 Å². The fraction of sp³-hybridized carbons (Fsp3) is 1.00. The Bertz CT molecular complexity index is 344. The van der Waals surface area contributed by atoms with Crippen LogP contribution in [-0.4, -0.2) is 36.8 Å². The molecule has 0 saturated carbocycles. The fourth-order valence-electron chi connectivity index (χ4n) is 3.76. The molecule has 0 aromatic rings. The van der Waals surface area contributed by atoms with E-state index in [4.69, 9.17) is 39.5 Å². The third kappa shape index (κ3) is 8.02. The van der Waals surface area contributed by atoms with Crippen molar-refractivity contribution in [3.63, 3.8) is 0 Å². The van der Waals surface area contributed by atoms with Gasteiger partial charge in [-0.15, -0.1) is 0 Å². The second kappa shape index (κ2) is 16.3. The molecular weight excluding hydrogens is 388 g/mol. The highest BCUT2D eigenvalue weighted by Crippen LogP contribution is 2.50. The summed E-state index contributed by atoms with van der Waals surface area (Å²) in [7, 11) is 0. The molecule has 3 nitrogen and oxygen atoms in total. The van der Waals surface area contributed by atoms with Crippen LogP contribution in [0, 0.1) is 11.3 Å². The van der Waals surface area contributed by atoms with Crippen LogP contribution >= 0.6 is 25.3 Å². The summed E-state index contributed by atoms with van der Waals surface area (Å²) in [5.41, 5.74) is -0.427. The van der Waals surface area contributed by atoms with Crippen LogP contribution < -0.4 is 0 Å². The Kier molecular flexibility index (Phi) is 16.6. The SMILES string of the molecule is CCCCCCCC(S)C(CS)(C(C)C)C(OCCC)(OCCC)OCCC. The van der Waals surface area contributed by atoms with E-state index in [2.05, 4.69) is 41.5 Å². The molecule has 0 rings (SSSR count).